The number of ether oxygens (including phenoxy) is 1. The molecule has 1 aliphatic carbocycles. The van der Waals surface area contributed by atoms with Crippen LogP contribution in [-0.2, 0) is 4.79 Å². The number of carboxylic acid groups (broad SMARTS) is 1. The fraction of sp³-hybridized carbons (Fsp3) is 0.517. The summed E-state index contributed by atoms with van der Waals surface area (Å²) in [5.74, 6) is -1.27. The van der Waals surface area contributed by atoms with Crippen LogP contribution >= 0.6 is 23.2 Å². The molecule has 1 saturated carbocycles. The summed E-state index contributed by atoms with van der Waals surface area (Å²) in [6.07, 6.45) is 4.97. The highest BCUT2D eigenvalue weighted by Gasteiger charge is 2.37. The molecule has 2 saturated heterocycles. The molecule has 0 aromatic heterocycles. The highest BCUT2D eigenvalue weighted by molar-refractivity contribution is 6.34. The summed E-state index contributed by atoms with van der Waals surface area (Å²) in [4.78, 5) is 28.4. The second-order valence-corrected chi connectivity index (χ2v) is 11.7. The van der Waals surface area contributed by atoms with Crippen molar-refractivity contribution in [2.45, 2.75) is 63.5 Å². The first-order valence-electron chi connectivity index (χ1n) is 13.4. The van der Waals surface area contributed by atoms with Gasteiger partial charge in [0.1, 0.15) is 17.6 Å². The van der Waals surface area contributed by atoms with Crippen molar-refractivity contribution in [1.29, 1.82) is 0 Å². The van der Waals surface area contributed by atoms with Gasteiger partial charge in [-0.3, -0.25) is 9.69 Å². The smallest absolute Gasteiger partial charge is 0.326 e. The molecule has 3 fully saturated rings. The highest BCUT2D eigenvalue weighted by atomic mass is 35.5. The third-order valence-electron chi connectivity index (χ3n) is 8.09. The van der Waals surface area contributed by atoms with Gasteiger partial charge in [0, 0.05) is 41.2 Å². The second kappa shape index (κ2) is 11.4. The number of carboxylic acids is 1. The van der Waals surface area contributed by atoms with E-state index in [1.165, 1.54) is 11.0 Å². The quantitative estimate of drug-likeness (QED) is 0.395. The van der Waals surface area contributed by atoms with E-state index in [0.717, 1.165) is 49.9 Å². The fourth-order valence-corrected chi connectivity index (χ4v) is 6.36. The summed E-state index contributed by atoms with van der Waals surface area (Å²) < 4.78 is 21.5. The Bertz CT molecular complexity index is 1200. The van der Waals surface area contributed by atoms with Crippen LogP contribution in [0.15, 0.2) is 30.3 Å². The maximum absolute atomic E-state index is 15.2. The van der Waals surface area contributed by atoms with E-state index in [0.29, 0.717) is 41.8 Å². The summed E-state index contributed by atoms with van der Waals surface area (Å²) in [6.45, 7) is 4.74. The molecule has 1 amide bonds. The van der Waals surface area contributed by atoms with E-state index in [-0.39, 0.29) is 23.4 Å². The number of halogens is 3. The van der Waals surface area contributed by atoms with E-state index >= 15 is 4.39 Å². The Morgan fingerprint density at radius 3 is 2.45 bits per heavy atom. The molecule has 6 nitrogen and oxygen atoms in total. The number of nitrogens with zero attached hydrogens (tertiary/aromatic N) is 2. The fourth-order valence-electron chi connectivity index (χ4n) is 5.82. The molecule has 0 unspecified atom stereocenters. The third-order valence-corrected chi connectivity index (χ3v) is 8.52. The minimum Gasteiger partial charge on any atom is -0.493 e. The molecule has 0 radical (unpaired) electrons. The minimum atomic E-state index is -1.05. The Kier molecular flexibility index (Phi) is 8.17. The van der Waals surface area contributed by atoms with Gasteiger partial charge in [-0.1, -0.05) is 23.2 Å². The summed E-state index contributed by atoms with van der Waals surface area (Å²) >= 11 is 12.4. The number of hydrogen-bond donors (Lipinski definition) is 1. The van der Waals surface area contributed by atoms with Crippen molar-refractivity contribution in [3.8, 4) is 5.75 Å². The largest absolute Gasteiger partial charge is 0.493 e. The number of amides is 1. The number of piperidine rings is 1. The Hall–Kier alpha value is -2.35. The number of aliphatic carboxylic acids is 1. The second-order valence-electron chi connectivity index (χ2n) is 10.8. The summed E-state index contributed by atoms with van der Waals surface area (Å²) in [7, 11) is 0. The molecule has 204 valence electrons. The van der Waals surface area contributed by atoms with Gasteiger partial charge in [0.05, 0.1) is 12.2 Å². The Labute approximate surface area is 232 Å². The lowest BCUT2D eigenvalue weighted by Crippen LogP contribution is -2.40. The predicted molar refractivity (Wildman–Crippen MR) is 145 cm³/mol. The molecule has 2 aromatic rings. The Balaban J connectivity index is 1.28. The third kappa shape index (κ3) is 5.95. The van der Waals surface area contributed by atoms with Gasteiger partial charge in [0.2, 0.25) is 0 Å². The zero-order valence-corrected chi connectivity index (χ0v) is 23.0. The Morgan fingerprint density at radius 2 is 1.76 bits per heavy atom. The molecule has 38 heavy (non-hydrogen) atoms. The number of likely N-dealkylation sites (tertiary alicyclic amines) is 2. The van der Waals surface area contributed by atoms with E-state index in [1.54, 1.807) is 12.1 Å². The van der Waals surface area contributed by atoms with Crippen LogP contribution in [0.4, 0.5) is 4.39 Å². The summed E-state index contributed by atoms with van der Waals surface area (Å²) in [5.41, 5.74) is 1.85. The first kappa shape index (κ1) is 27.2. The first-order chi connectivity index (χ1) is 18.2. The van der Waals surface area contributed by atoms with Crippen molar-refractivity contribution in [2.24, 2.45) is 5.92 Å². The SMILES string of the molecule is C[C@@H](c1cc(Cl)cc(Cl)c1)N1CCC[C@H](COc2cc(F)c(C(=O)N3CCC[C@H]3C(=O)O)cc2C2CC2)C1. The van der Waals surface area contributed by atoms with E-state index in [4.69, 9.17) is 27.9 Å². The minimum absolute atomic E-state index is 0.0646. The maximum atomic E-state index is 15.2. The number of hydrogen-bond acceptors (Lipinski definition) is 4. The van der Waals surface area contributed by atoms with Gasteiger partial charge >= 0.3 is 5.97 Å². The standard InChI is InChI=1S/C29H33Cl2FN2O4/c1-17(20-10-21(30)12-22(31)11-20)33-8-2-4-18(15-33)16-38-27-14-25(32)24(13-23(27)19-6-7-19)28(35)34-9-3-5-26(34)29(36)37/h10-14,17-19,26H,2-9,15-16H2,1H3,(H,36,37)/t17-,18-,26-/m0/s1. The van der Waals surface area contributed by atoms with Crippen LogP contribution in [0, 0.1) is 11.7 Å². The molecule has 2 heterocycles. The number of benzene rings is 2. The van der Waals surface area contributed by atoms with Crippen LogP contribution in [0.3, 0.4) is 0 Å². The topological polar surface area (TPSA) is 70.1 Å². The van der Waals surface area contributed by atoms with Crippen molar-refractivity contribution in [3.05, 3.63) is 62.9 Å². The van der Waals surface area contributed by atoms with Gasteiger partial charge < -0.3 is 14.7 Å². The Morgan fingerprint density at radius 1 is 1.05 bits per heavy atom. The van der Waals surface area contributed by atoms with E-state index in [2.05, 4.69) is 11.8 Å². The summed E-state index contributed by atoms with van der Waals surface area (Å²) in [5, 5.41) is 10.7. The summed E-state index contributed by atoms with van der Waals surface area (Å²) in [6, 6.07) is 7.81. The van der Waals surface area contributed by atoms with Crippen molar-refractivity contribution < 1.29 is 23.8 Å². The maximum Gasteiger partial charge on any atom is 0.326 e. The van der Waals surface area contributed by atoms with Crippen LogP contribution in [0.5, 0.6) is 5.75 Å². The molecule has 0 spiro atoms. The van der Waals surface area contributed by atoms with Crippen LogP contribution < -0.4 is 4.74 Å². The number of rotatable bonds is 8. The number of carbonyl (C=O) groups excluding carboxylic acids is 1. The van der Waals surface area contributed by atoms with Crippen molar-refractivity contribution in [3.63, 3.8) is 0 Å². The van der Waals surface area contributed by atoms with Gasteiger partial charge in [0.25, 0.3) is 5.91 Å². The molecule has 5 rings (SSSR count). The van der Waals surface area contributed by atoms with Crippen LogP contribution in [0.2, 0.25) is 10.0 Å². The molecular formula is C29H33Cl2FN2O4. The molecule has 3 atom stereocenters. The van der Waals surface area contributed by atoms with Gasteiger partial charge in [-0.05, 0) is 93.3 Å². The molecule has 2 aromatic carbocycles. The van der Waals surface area contributed by atoms with Gasteiger partial charge in [-0.15, -0.1) is 0 Å². The zero-order valence-electron chi connectivity index (χ0n) is 21.5. The predicted octanol–water partition coefficient (Wildman–Crippen LogP) is 6.55. The van der Waals surface area contributed by atoms with Crippen LogP contribution in [0.1, 0.15) is 78.9 Å². The lowest BCUT2D eigenvalue weighted by molar-refractivity contribution is -0.141. The molecular weight excluding hydrogens is 530 g/mol. The lowest BCUT2D eigenvalue weighted by Gasteiger charge is -2.37. The van der Waals surface area contributed by atoms with Gasteiger partial charge in [-0.25, -0.2) is 9.18 Å². The molecule has 2 aliphatic heterocycles. The van der Waals surface area contributed by atoms with Crippen molar-refractivity contribution >= 4 is 35.1 Å². The van der Waals surface area contributed by atoms with Gasteiger partial charge in [0.15, 0.2) is 0 Å². The van der Waals surface area contributed by atoms with Crippen LogP contribution in [-0.4, -0.2) is 59.1 Å². The molecule has 3 aliphatic rings. The lowest BCUT2D eigenvalue weighted by atomic mass is 9.95. The molecule has 1 N–H and O–H groups in total. The molecule has 9 heteroatoms. The van der Waals surface area contributed by atoms with Crippen LogP contribution in [0.25, 0.3) is 0 Å². The zero-order chi connectivity index (χ0) is 27.0. The molecule has 0 bridgehead atoms. The van der Waals surface area contributed by atoms with Gasteiger partial charge in [-0.2, -0.15) is 0 Å². The normalized spacial score (nSPS) is 22.9. The average Bonchev–Trinajstić information content (AvgIpc) is 3.60. The van der Waals surface area contributed by atoms with E-state index in [1.807, 2.05) is 12.1 Å². The first-order valence-corrected chi connectivity index (χ1v) is 14.2. The van der Waals surface area contributed by atoms with E-state index < -0.39 is 23.7 Å². The van der Waals surface area contributed by atoms with E-state index in [9.17, 15) is 14.7 Å². The highest BCUT2D eigenvalue weighted by Crippen LogP contribution is 2.45. The van der Waals surface area contributed by atoms with Crippen molar-refractivity contribution in [2.75, 3.05) is 26.2 Å². The van der Waals surface area contributed by atoms with Crippen molar-refractivity contribution in [1.82, 2.24) is 9.80 Å². The number of carbonyl (C=O) groups is 2. The average molecular weight is 563 g/mol. The monoisotopic (exact) mass is 562 g/mol.